The lowest BCUT2D eigenvalue weighted by atomic mass is 9.88. The van der Waals surface area contributed by atoms with E-state index >= 15 is 0 Å². The first-order chi connectivity index (χ1) is 8.86. The molecule has 0 fully saturated rings. The van der Waals surface area contributed by atoms with E-state index in [-0.39, 0.29) is 11.3 Å². The van der Waals surface area contributed by atoms with Crippen LogP contribution in [0.3, 0.4) is 0 Å². The molecule has 0 saturated carbocycles. The number of tetrazole rings is 1. The second-order valence-electron chi connectivity index (χ2n) is 5.53. The lowest BCUT2D eigenvalue weighted by Crippen LogP contribution is -2.38. The van der Waals surface area contributed by atoms with Crippen molar-refractivity contribution in [3.05, 3.63) is 5.82 Å². The Hall–Kier alpha value is -1.50. The summed E-state index contributed by atoms with van der Waals surface area (Å²) >= 11 is 0. The third kappa shape index (κ3) is 4.59. The van der Waals surface area contributed by atoms with Crippen molar-refractivity contribution in [2.24, 2.45) is 0 Å². The third-order valence-corrected chi connectivity index (χ3v) is 3.31. The minimum Gasteiger partial charge on any atom is -0.348 e. The van der Waals surface area contributed by atoms with E-state index in [2.05, 4.69) is 46.3 Å². The molecule has 0 aliphatic heterocycles. The van der Waals surface area contributed by atoms with Crippen molar-refractivity contribution in [3.8, 4) is 0 Å². The molecule has 0 radical (unpaired) electrons. The van der Waals surface area contributed by atoms with Gasteiger partial charge in [-0.15, -0.1) is 10.2 Å². The van der Waals surface area contributed by atoms with Crippen LogP contribution in [0.1, 0.15) is 33.0 Å². The van der Waals surface area contributed by atoms with Gasteiger partial charge in [0.15, 0.2) is 5.82 Å². The predicted octanol–water partition coefficient (Wildman–Crippen LogP) is 0.278. The lowest BCUT2D eigenvalue weighted by Gasteiger charge is -2.26. The van der Waals surface area contributed by atoms with Crippen LogP contribution < -0.4 is 0 Å². The van der Waals surface area contributed by atoms with E-state index in [1.807, 2.05) is 0 Å². The molecule has 19 heavy (non-hydrogen) atoms. The average Bonchev–Trinajstić information content (AvgIpc) is 2.88. The van der Waals surface area contributed by atoms with Crippen LogP contribution in [0, 0.1) is 0 Å². The fourth-order valence-corrected chi connectivity index (χ4v) is 1.68. The van der Waals surface area contributed by atoms with Crippen LogP contribution in [0.2, 0.25) is 0 Å². The SMILES string of the molecule is CCN(CCC(C)(C)c1nn[nH]n1)CC(=O)N(C)C. The Morgan fingerprint density at radius 2 is 2.05 bits per heavy atom. The minimum absolute atomic E-state index is 0.124. The monoisotopic (exact) mass is 268 g/mol. The Morgan fingerprint density at radius 3 is 2.53 bits per heavy atom. The van der Waals surface area contributed by atoms with Crippen molar-refractivity contribution in [1.82, 2.24) is 30.4 Å². The molecule has 7 heteroatoms. The molecule has 1 aromatic rings. The second kappa shape index (κ2) is 6.60. The molecule has 0 unspecified atom stereocenters. The molecule has 0 aromatic carbocycles. The highest BCUT2D eigenvalue weighted by atomic mass is 16.2. The summed E-state index contributed by atoms with van der Waals surface area (Å²) in [5.74, 6) is 0.835. The molecular weight excluding hydrogens is 244 g/mol. The molecule has 1 rings (SSSR count). The van der Waals surface area contributed by atoms with E-state index in [1.54, 1.807) is 19.0 Å². The number of carbonyl (C=O) groups excluding carboxylic acids is 1. The number of hydrogen-bond donors (Lipinski definition) is 1. The van der Waals surface area contributed by atoms with Crippen molar-refractivity contribution in [1.29, 1.82) is 0 Å². The van der Waals surface area contributed by atoms with E-state index in [0.717, 1.165) is 19.5 Å². The van der Waals surface area contributed by atoms with Gasteiger partial charge in [-0.25, -0.2) is 0 Å². The summed E-state index contributed by atoms with van der Waals surface area (Å²) in [5, 5.41) is 14.2. The number of nitrogens with zero attached hydrogens (tertiary/aromatic N) is 5. The molecule has 1 heterocycles. The number of likely N-dealkylation sites (N-methyl/N-ethyl adjacent to an activating group) is 2. The van der Waals surface area contributed by atoms with Crippen LogP contribution in [0.15, 0.2) is 0 Å². The number of rotatable bonds is 7. The van der Waals surface area contributed by atoms with Gasteiger partial charge in [-0.05, 0) is 19.5 Å². The summed E-state index contributed by atoms with van der Waals surface area (Å²) in [6.45, 7) is 8.36. The standard InChI is InChI=1S/C12H24N6O/c1-6-18(9-10(19)17(4)5)8-7-12(2,3)11-13-15-16-14-11/h6-9H2,1-5H3,(H,13,14,15,16). The van der Waals surface area contributed by atoms with Gasteiger partial charge in [-0.2, -0.15) is 5.21 Å². The molecular formula is C12H24N6O. The largest absolute Gasteiger partial charge is 0.348 e. The van der Waals surface area contributed by atoms with E-state index in [4.69, 9.17) is 0 Å². The highest BCUT2D eigenvalue weighted by Crippen LogP contribution is 2.22. The second-order valence-corrected chi connectivity index (χ2v) is 5.53. The Labute approximate surface area is 114 Å². The number of aromatic nitrogens is 4. The maximum atomic E-state index is 11.7. The number of carbonyl (C=O) groups is 1. The summed E-state index contributed by atoms with van der Waals surface area (Å²) in [6, 6.07) is 0. The van der Waals surface area contributed by atoms with Gasteiger partial charge in [0.2, 0.25) is 5.91 Å². The summed E-state index contributed by atoms with van der Waals surface area (Å²) in [6.07, 6.45) is 0.876. The van der Waals surface area contributed by atoms with Gasteiger partial charge < -0.3 is 4.90 Å². The zero-order valence-electron chi connectivity index (χ0n) is 12.5. The lowest BCUT2D eigenvalue weighted by molar-refractivity contribution is -0.129. The Bertz CT molecular complexity index is 387. The normalized spacial score (nSPS) is 11.9. The molecule has 0 spiro atoms. The summed E-state index contributed by atoms with van der Waals surface area (Å²) in [7, 11) is 3.55. The zero-order valence-corrected chi connectivity index (χ0v) is 12.5. The molecule has 0 bridgehead atoms. The highest BCUT2D eigenvalue weighted by Gasteiger charge is 2.26. The molecule has 108 valence electrons. The van der Waals surface area contributed by atoms with E-state index in [1.165, 1.54) is 0 Å². The molecule has 7 nitrogen and oxygen atoms in total. The van der Waals surface area contributed by atoms with Gasteiger partial charge in [0.25, 0.3) is 0 Å². The average molecular weight is 268 g/mol. The van der Waals surface area contributed by atoms with E-state index < -0.39 is 0 Å². The van der Waals surface area contributed by atoms with Crippen molar-refractivity contribution in [2.45, 2.75) is 32.6 Å². The van der Waals surface area contributed by atoms with Gasteiger partial charge in [0.05, 0.1) is 6.54 Å². The molecule has 0 aliphatic carbocycles. The molecule has 1 amide bonds. The van der Waals surface area contributed by atoms with Gasteiger partial charge in [0, 0.05) is 19.5 Å². The molecule has 0 aliphatic rings. The summed E-state index contributed by atoms with van der Waals surface area (Å²) < 4.78 is 0. The van der Waals surface area contributed by atoms with Gasteiger partial charge in [-0.3, -0.25) is 9.69 Å². The van der Waals surface area contributed by atoms with Gasteiger partial charge in [0.1, 0.15) is 0 Å². The predicted molar refractivity (Wildman–Crippen MR) is 72.6 cm³/mol. The first kappa shape index (κ1) is 15.6. The van der Waals surface area contributed by atoms with Crippen molar-refractivity contribution >= 4 is 5.91 Å². The van der Waals surface area contributed by atoms with Crippen LogP contribution in [0.5, 0.6) is 0 Å². The zero-order chi connectivity index (χ0) is 14.5. The number of hydrogen-bond acceptors (Lipinski definition) is 5. The molecule has 0 saturated heterocycles. The van der Waals surface area contributed by atoms with Crippen LogP contribution in [0.4, 0.5) is 0 Å². The fraction of sp³-hybridized carbons (Fsp3) is 0.833. The first-order valence-corrected chi connectivity index (χ1v) is 6.53. The first-order valence-electron chi connectivity index (χ1n) is 6.53. The van der Waals surface area contributed by atoms with Crippen LogP contribution in [-0.4, -0.2) is 70.1 Å². The van der Waals surface area contributed by atoms with Gasteiger partial charge >= 0.3 is 0 Å². The van der Waals surface area contributed by atoms with Crippen molar-refractivity contribution < 1.29 is 4.79 Å². The Morgan fingerprint density at radius 1 is 1.37 bits per heavy atom. The van der Waals surface area contributed by atoms with Crippen molar-refractivity contribution in [3.63, 3.8) is 0 Å². The summed E-state index contributed by atoms with van der Waals surface area (Å²) in [4.78, 5) is 15.5. The third-order valence-electron chi connectivity index (χ3n) is 3.31. The quantitative estimate of drug-likeness (QED) is 0.768. The fourth-order valence-electron chi connectivity index (χ4n) is 1.68. The molecule has 0 atom stereocenters. The van der Waals surface area contributed by atoms with Gasteiger partial charge in [-0.1, -0.05) is 26.0 Å². The van der Waals surface area contributed by atoms with Crippen molar-refractivity contribution in [2.75, 3.05) is 33.7 Å². The number of nitrogens with one attached hydrogen (secondary N) is 1. The van der Waals surface area contributed by atoms with E-state index in [9.17, 15) is 4.79 Å². The maximum Gasteiger partial charge on any atom is 0.236 e. The molecule has 1 N–H and O–H groups in total. The minimum atomic E-state index is -0.151. The maximum absolute atomic E-state index is 11.7. The van der Waals surface area contributed by atoms with E-state index in [0.29, 0.717) is 12.4 Å². The molecule has 1 aromatic heterocycles. The number of aromatic amines is 1. The van der Waals surface area contributed by atoms with Crippen LogP contribution in [-0.2, 0) is 10.2 Å². The van der Waals surface area contributed by atoms with Crippen LogP contribution >= 0.6 is 0 Å². The topological polar surface area (TPSA) is 78.0 Å². The number of amides is 1. The van der Waals surface area contributed by atoms with Crippen LogP contribution in [0.25, 0.3) is 0 Å². The summed E-state index contributed by atoms with van der Waals surface area (Å²) in [5.41, 5.74) is -0.151. The Balaban J connectivity index is 2.51. The number of H-pyrrole nitrogens is 1. The highest BCUT2D eigenvalue weighted by molar-refractivity contribution is 5.77. The Kier molecular flexibility index (Phi) is 5.41. The smallest absolute Gasteiger partial charge is 0.236 e.